The van der Waals surface area contributed by atoms with E-state index in [1.54, 1.807) is 38.3 Å². The summed E-state index contributed by atoms with van der Waals surface area (Å²) in [5.41, 5.74) is 2.24. The van der Waals surface area contributed by atoms with E-state index in [-0.39, 0.29) is 15.9 Å². The molecule has 2 aromatic carbocycles. The third-order valence-electron chi connectivity index (χ3n) is 4.18. The van der Waals surface area contributed by atoms with E-state index >= 15 is 0 Å². The molecule has 1 aromatic heterocycles. The van der Waals surface area contributed by atoms with Gasteiger partial charge >= 0.3 is 0 Å². The summed E-state index contributed by atoms with van der Waals surface area (Å²) in [6.07, 6.45) is 0. The van der Waals surface area contributed by atoms with Gasteiger partial charge in [0, 0.05) is 10.6 Å². The van der Waals surface area contributed by atoms with Crippen molar-refractivity contribution in [3.63, 3.8) is 0 Å². The monoisotopic (exact) mass is 437 g/mol. The number of rotatable bonds is 6. The average Bonchev–Trinajstić information content (AvgIpc) is 3.09. The van der Waals surface area contributed by atoms with Gasteiger partial charge in [0.1, 0.15) is 10.8 Å². The third kappa shape index (κ3) is 4.29. The van der Waals surface area contributed by atoms with Crippen LogP contribution < -0.4 is 9.46 Å². The molecule has 0 saturated heterocycles. The van der Waals surface area contributed by atoms with Gasteiger partial charge in [0.15, 0.2) is 0 Å². The van der Waals surface area contributed by atoms with Gasteiger partial charge in [0.05, 0.1) is 12.0 Å². The summed E-state index contributed by atoms with van der Waals surface area (Å²) >= 11 is 7.05. The summed E-state index contributed by atoms with van der Waals surface area (Å²) in [4.78, 5) is 0.195. The van der Waals surface area contributed by atoms with E-state index < -0.39 is 10.0 Å². The zero-order valence-electron chi connectivity index (χ0n) is 15.9. The van der Waals surface area contributed by atoms with Gasteiger partial charge in [-0.15, -0.1) is 10.2 Å². The Morgan fingerprint density at radius 3 is 2.43 bits per heavy atom. The van der Waals surface area contributed by atoms with Crippen molar-refractivity contribution in [2.75, 3.05) is 11.8 Å². The van der Waals surface area contributed by atoms with Gasteiger partial charge in [-0.2, -0.15) is 0 Å². The maximum absolute atomic E-state index is 13.0. The van der Waals surface area contributed by atoms with Crippen LogP contribution in [0, 0.1) is 6.92 Å². The SMILES string of the molecule is COc1cc(C)c(S(=O)(=O)Nc2nnc(-c3ccc(Cl)cc3)s2)cc1C(C)C. The quantitative estimate of drug-likeness (QED) is 0.580. The van der Waals surface area contributed by atoms with Gasteiger partial charge in [0.2, 0.25) is 5.13 Å². The molecular formula is C19H20ClN3O3S2. The molecule has 0 spiro atoms. The lowest BCUT2D eigenvalue weighted by molar-refractivity contribution is 0.406. The number of halogens is 1. The standard InChI is InChI=1S/C19H20ClN3O3S2/c1-11(2)15-10-17(12(3)9-16(15)26-4)28(24,25)23-19-22-21-18(27-19)13-5-7-14(20)8-6-13/h5-11H,1-4H3,(H,22,23). The van der Waals surface area contributed by atoms with Gasteiger partial charge in [-0.3, -0.25) is 4.72 Å². The molecule has 0 saturated carbocycles. The number of hydrogen-bond acceptors (Lipinski definition) is 6. The Balaban J connectivity index is 1.92. The number of ether oxygens (including phenoxy) is 1. The number of nitrogens with one attached hydrogen (secondary N) is 1. The van der Waals surface area contributed by atoms with E-state index in [4.69, 9.17) is 16.3 Å². The zero-order chi connectivity index (χ0) is 20.5. The second kappa shape index (κ2) is 8.06. The molecule has 28 heavy (non-hydrogen) atoms. The highest BCUT2D eigenvalue weighted by Crippen LogP contribution is 2.33. The van der Waals surface area contributed by atoms with E-state index in [0.717, 1.165) is 22.5 Å². The van der Waals surface area contributed by atoms with Crippen LogP contribution in [0.1, 0.15) is 30.9 Å². The second-order valence-corrected chi connectivity index (χ2v) is 9.60. The lowest BCUT2D eigenvalue weighted by Gasteiger charge is -2.16. The van der Waals surface area contributed by atoms with Crippen LogP contribution in [0.4, 0.5) is 5.13 Å². The van der Waals surface area contributed by atoms with Gasteiger partial charge in [-0.1, -0.05) is 48.9 Å². The molecule has 0 aliphatic carbocycles. The van der Waals surface area contributed by atoms with Crippen LogP contribution in [0.25, 0.3) is 10.6 Å². The second-order valence-electron chi connectivity index (χ2n) is 6.54. The minimum absolute atomic E-state index is 0.113. The van der Waals surface area contributed by atoms with Crippen molar-refractivity contribution in [1.82, 2.24) is 10.2 Å². The topological polar surface area (TPSA) is 81.2 Å². The van der Waals surface area contributed by atoms with Crippen molar-refractivity contribution >= 4 is 38.1 Å². The Morgan fingerprint density at radius 2 is 1.82 bits per heavy atom. The maximum atomic E-state index is 13.0. The summed E-state index contributed by atoms with van der Waals surface area (Å²) in [6.45, 7) is 5.71. The molecule has 0 aliphatic heterocycles. The van der Waals surface area contributed by atoms with E-state index in [9.17, 15) is 8.42 Å². The smallest absolute Gasteiger partial charge is 0.263 e. The number of benzene rings is 2. The van der Waals surface area contributed by atoms with Crippen LogP contribution in [-0.4, -0.2) is 25.7 Å². The lowest BCUT2D eigenvalue weighted by atomic mass is 10.0. The van der Waals surface area contributed by atoms with Crippen LogP contribution >= 0.6 is 22.9 Å². The largest absolute Gasteiger partial charge is 0.496 e. The molecule has 0 radical (unpaired) electrons. The Morgan fingerprint density at radius 1 is 1.14 bits per heavy atom. The number of methoxy groups -OCH3 is 1. The molecule has 0 fully saturated rings. The summed E-state index contributed by atoms with van der Waals surface area (Å²) < 4.78 is 33.8. The van der Waals surface area contributed by atoms with Crippen LogP contribution in [0.2, 0.25) is 5.02 Å². The van der Waals surface area contributed by atoms with Crippen molar-refractivity contribution < 1.29 is 13.2 Å². The van der Waals surface area contributed by atoms with Crippen LogP contribution in [0.15, 0.2) is 41.3 Å². The van der Waals surface area contributed by atoms with Crippen LogP contribution in [-0.2, 0) is 10.0 Å². The minimum Gasteiger partial charge on any atom is -0.496 e. The number of nitrogens with zero attached hydrogens (tertiary/aromatic N) is 2. The van der Waals surface area contributed by atoms with Gasteiger partial charge in [-0.25, -0.2) is 8.42 Å². The molecule has 0 atom stereocenters. The Hall–Kier alpha value is -2.16. The Bertz CT molecular complexity index is 1090. The predicted octanol–water partition coefficient (Wildman–Crippen LogP) is 5.10. The van der Waals surface area contributed by atoms with Crippen molar-refractivity contribution in [2.45, 2.75) is 31.6 Å². The number of hydrogen-bond donors (Lipinski definition) is 1. The first-order valence-electron chi connectivity index (χ1n) is 8.52. The normalized spacial score (nSPS) is 11.6. The third-order valence-corrected chi connectivity index (χ3v) is 6.93. The van der Waals surface area contributed by atoms with Gasteiger partial charge in [-0.05, 0) is 48.2 Å². The first-order chi connectivity index (χ1) is 13.2. The lowest BCUT2D eigenvalue weighted by Crippen LogP contribution is -2.15. The molecule has 0 bridgehead atoms. The first kappa shape index (κ1) is 20.6. The predicted molar refractivity (Wildman–Crippen MR) is 113 cm³/mol. The average molecular weight is 438 g/mol. The van der Waals surface area contributed by atoms with Crippen molar-refractivity contribution in [2.24, 2.45) is 0 Å². The minimum atomic E-state index is -3.82. The Kier molecular flexibility index (Phi) is 5.92. The van der Waals surface area contributed by atoms with E-state index in [1.165, 1.54) is 0 Å². The highest BCUT2D eigenvalue weighted by molar-refractivity contribution is 7.93. The van der Waals surface area contributed by atoms with Crippen molar-refractivity contribution in [3.05, 3.63) is 52.5 Å². The van der Waals surface area contributed by atoms with Crippen molar-refractivity contribution in [1.29, 1.82) is 0 Å². The molecule has 1 heterocycles. The molecule has 148 valence electrons. The summed E-state index contributed by atoms with van der Waals surface area (Å²) in [6, 6.07) is 10.5. The summed E-state index contributed by atoms with van der Waals surface area (Å²) in [7, 11) is -2.24. The highest BCUT2D eigenvalue weighted by atomic mass is 35.5. The first-order valence-corrected chi connectivity index (χ1v) is 11.2. The number of aromatic nitrogens is 2. The van der Waals surface area contributed by atoms with Crippen LogP contribution in [0.5, 0.6) is 5.75 Å². The number of anilines is 1. The fourth-order valence-corrected chi connectivity index (χ4v) is 5.11. The summed E-state index contributed by atoms with van der Waals surface area (Å²) in [5.74, 6) is 0.787. The van der Waals surface area contributed by atoms with E-state index in [2.05, 4.69) is 14.9 Å². The molecule has 3 aromatic rings. The maximum Gasteiger partial charge on any atom is 0.263 e. The molecule has 6 nitrogen and oxygen atoms in total. The summed E-state index contributed by atoms with van der Waals surface area (Å²) in [5, 5.41) is 9.45. The molecule has 0 unspecified atom stereocenters. The fourth-order valence-electron chi connectivity index (χ4n) is 2.74. The van der Waals surface area contributed by atoms with E-state index in [1.807, 2.05) is 26.0 Å². The highest BCUT2D eigenvalue weighted by Gasteiger charge is 2.22. The molecule has 1 N–H and O–H groups in total. The molecular weight excluding hydrogens is 418 g/mol. The van der Waals surface area contributed by atoms with Crippen molar-refractivity contribution in [3.8, 4) is 16.3 Å². The zero-order valence-corrected chi connectivity index (χ0v) is 18.2. The molecule has 0 amide bonds. The van der Waals surface area contributed by atoms with E-state index in [0.29, 0.717) is 21.3 Å². The number of aryl methyl sites for hydroxylation is 1. The number of sulfonamides is 1. The molecule has 9 heteroatoms. The molecule has 0 aliphatic rings. The van der Waals surface area contributed by atoms with Gasteiger partial charge in [0.25, 0.3) is 10.0 Å². The Labute approximate surface area is 173 Å². The van der Waals surface area contributed by atoms with Gasteiger partial charge < -0.3 is 4.74 Å². The fraction of sp³-hybridized carbons (Fsp3) is 0.263. The molecule has 3 rings (SSSR count). The van der Waals surface area contributed by atoms with Crippen LogP contribution in [0.3, 0.4) is 0 Å².